The number of ether oxygens (including phenoxy) is 1. The van der Waals surface area contributed by atoms with Gasteiger partial charge in [-0.25, -0.2) is 0 Å². The molecule has 0 unspecified atom stereocenters. The third kappa shape index (κ3) is 3.58. The minimum absolute atomic E-state index is 0.0770. The standard InChI is InChI=1S/C18H16N2O3/c1-12-9-17(21)20-16-10-13(7-8-15(12)16)19-18(22)11-23-14-5-3-2-4-6-14/h2-10H,11H2,1H3,(H,19,22)(H,20,21). The zero-order valence-electron chi connectivity index (χ0n) is 12.6. The Bertz CT molecular complexity index is 901. The van der Waals surface area contributed by atoms with Gasteiger partial charge >= 0.3 is 0 Å². The van der Waals surface area contributed by atoms with Gasteiger partial charge in [-0.15, -0.1) is 0 Å². The van der Waals surface area contributed by atoms with Crippen LogP contribution in [-0.4, -0.2) is 17.5 Å². The first-order valence-corrected chi connectivity index (χ1v) is 7.23. The summed E-state index contributed by atoms with van der Waals surface area (Å²) in [5.74, 6) is 0.379. The second-order valence-electron chi connectivity index (χ2n) is 5.23. The number of aromatic amines is 1. The molecule has 1 amide bonds. The summed E-state index contributed by atoms with van der Waals surface area (Å²) in [7, 11) is 0. The number of hydrogen-bond donors (Lipinski definition) is 2. The Morgan fingerprint density at radius 3 is 2.70 bits per heavy atom. The summed E-state index contributed by atoms with van der Waals surface area (Å²) in [4.78, 5) is 26.2. The molecule has 0 aliphatic heterocycles. The van der Waals surface area contributed by atoms with Crippen LogP contribution >= 0.6 is 0 Å². The number of H-pyrrole nitrogens is 1. The first kappa shape index (κ1) is 14.8. The van der Waals surface area contributed by atoms with Crippen molar-refractivity contribution in [2.24, 2.45) is 0 Å². The number of nitrogens with one attached hydrogen (secondary N) is 2. The first-order valence-electron chi connectivity index (χ1n) is 7.23. The van der Waals surface area contributed by atoms with Crippen LogP contribution in [-0.2, 0) is 4.79 Å². The smallest absolute Gasteiger partial charge is 0.262 e. The van der Waals surface area contributed by atoms with Crippen LogP contribution in [0.5, 0.6) is 5.75 Å². The highest BCUT2D eigenvalue weighted by molar-refractivity contribution is 5.94. The van der Waals surface area contributed by atoms with Crippen molar-refractivity contribution < 1.29 is 9.53 Å². The van der Waals surface area contributed by atoms with Gasteiger partial charge in [0.15, 0.2) is 6.61 Å². The highest BCUT2D eigenvalue weighted by Gasteiger charge is 2.06. The number of para-hydroxylation sites is 1. The monoisotopic (exact) mass is 308 g/mol. The summed E-state index contributed by atoms with van der Waals surface area (Å²) >= 11 is 0. The maximum absolute atomic E-state index is 11.9. The lowest BCUT2D eigenvalue weighted by Gasteiger charge is -2.09. The Labute approximate surface area is 132 Å². The minimum atomic E-state index is -0.261. The number of amides is 1. The Morgan fingerprint density at radius 1 is 1.13 bits per heavy atom. The van der Waals surface area contributed by atoms with Crippen LogP contribution in [0.15, 0.2) is 59.4 Å². The molecule has 0 spiro atoms. The zero-order chi connectivity index (χ0) is 16.2. The molecule has 3 rings (SSSR count). The number of fused-ring (bicyclic) bond motifs is 1. The number of benzene rings is 2. The molecule has 2 N–H and O–H groups in total. The zero-order valence-corrected chi connectivity index (χ0v) is 12.6. The third-order valence-corrected chi connectivity index (χ3v) is 3.45. The number of carbonyl (C=O) groups is 1. The fourth-order valence-corrected chi connectivity index (χ4v) is 2.38. The van der Waals surface area contributed by atoms with Gasteiger partial charge in [0.25, 0.3) is 5.91 Å². The third-order valence-electron chi connectivity index (χ3n) is 3.45. The molecule has 0 bridgehead atoms. The second-order valence-corrected chi connectivity index (χ2v) is 5.23. The quantitative estimate of drug-likeness (QED) is 0.778. The molecular formula is C18H16N2O3. The molecule has 5 heteroatoms. The van der Waals surface area contributed by atoms with E-state index in [-0.39, 0.29) is 18.1 Å². The topological polar surface area (TPSA) is 71.2 Å². The first-order chi connectivity index (χ1) is 11.1. The van der Waals surface area contributed by atoms with E-state index in [9.17, 15) is 9.59 Å². The van der Waals surface area contributed by atoms with Crippen LogP contribution in [0.2, 0.25) is 0 Å². The van der Waals surface area contributed by atoms with Crippen molar-refractivity contribution in [2.75, 3.05) is 11.9 Å². The van der Waals surface area contributed by atoms with E-state index in [2.05, 4.69) is 10.3 Å². The van der Waals surface area contributed by atoms with Crippen molar-refractivity contribution in [3.8, 4) is 5.75 Å². The van der Waals surface area contributed by atoms with E-state index in [1.165, 1.54) is 0 Å². The van der Waals surface area contributed by atoms with Gasteiger partial charge in [0, 0.05) is 17.1 Å². The SMILES string of the molecule is Cc1cc(=O)[nH]c2cc(NC(=O)COc3ccccc3)ccc12. The lowest BCUT2D eigenvalue weighted by atomic mass is 10.1. The fourth-order valence-electron chi connectivity index (χ4n) is 2.38. The summed E-state index contributed by atoms with van der Waals surface area (Å²) in [5.41, 5.74) is 2.04. The van der Waals surface area contributed by atoms with E-state index in [1.807, 2.05) is 31.2 Å². The maximum Gasteiger partial charge on any atom is 0.262 e. The van der Waals surface area contributed by atoms with E-state index >= 15 is 0 Å². The number of aromatic nitrogens is 1. The van der Waals surface area contributed by atoms with Gasteiger partial charge in [0.2, 0.25) is 5.56 Å². The molecule has 0 atom stereocenters. The second kappa shape index (κ2) is 6.36. The van der Waals surface area contributed by atoms with Crippen molar-refractivity contribution in [3.05, 3.63) is 70.5 Å². The number of pyridine rings is 1. The molecule has 0 fully saturated rings. The summed E-state index contributed by atoms with van der Waals surface area (Å²) in [6.07, 6.45) is 0. The number of carbonyl (C=O) groups excluding carboxylic acids is 1. The highest BCUT2D eigenvalue weighted by Crippen LogP contribution is 2.19. The van der Waals surface area contributed by atoms with Crippen LogP contribution in [0.4, 0.5) is 5.69 Å². The molecule has 2 aromatic carbocycles. The molecule has 5 nitrogen and oxygen atoms in total. The van der Waals surface area contributed by atoms with E-state index in [0.717, 1.165) is 10.9 Å². The van der Waals surface area contributed by atoms with Gasteiger partial charge < -0.3 is 15.0 Å². The number of aryl methyl sites for hydroxylation is 1. The van der Waals surface area contributed by atoms with Crippen LogP contribution in [0, 0.1) is 6.92 Å². The predicted molar refractivity (Wildman–Crippen MR) is 89.9 cm³/mol. The van der Waals surface area contributed by atoms with Crippen molar-refractivity contribution >= 4 is 22.5 Å². The molecule has 1 aromatic heterocycles. The number of hydrogen-bond acceptors (Lipinski definition) is 3. The van der Waals surface area contributed by atoms with Gasteiger partial charge in [0.05, 0.1) is 5.52 Å². The Hall–Kier alpha value is -3.08. The molecule has 0 saturated carbocycles. The van der Waals surface area contributed by atoms with Crippen molar-refractivity contribution in [1.82, 2.24) is 4.98 Å². The minimum Gasteiger partial charge on any atom is -0.484 e. The summed E-state index contributed by atoms with van der Waals surface area (Å²) in [5, 5.41) is 3.70. The summed E-state index contributed by atoms with van der Waals surface area (Å²) < 4.78 is 5.40. The van der Waals surface area contributed by atoms with Gasteiger partial charge in [-0.2, -0.15) is 0 Å². The Kier molecular flexibility index (Phi) is 4.10. The molecule has 3 aromatic rings. The van der Waals surface area contributed by atoms with Crippen molar-refractivity contribution in [2.45, 2.75) is 6.92 Å². The number of rotatable bonds is 4. The molecule has 23 heavy (non-hydrogen) atoms. The van der Waals surface area contributed by atoms with E-state index in [0.29, 0.717) is 17.0 Å². The average molecular weight is 308 g/mol. The summed E-state index contributed by atoms with van der Waals surface area (Å²) in [6, 6.07) is 16.1. The van der Waals surface area contributed by atoms with Crippen LogP contribution in [0.1, 0.15) is 5.56 Å². The molecule has 1 heterocycles. The van der Waals surface area contributed by atoms with E-state index < -0.39 is 0 Å². The van der Waals surface area contributed by atoms with E-state index in [4.69, 9.17) is 4.74 Å². The lowest BCUT2D eigenvalue weighted by Crippen LogP contribution is -2.20. The normalized spacial score (nSPS) is 10.5. The van der Waals surface area contributed by atoms with E-state index in [1.54, 1.807) is 30.3 Å². The molecule has 0 radical (unpaired) electrons. The van der Waals surface area contributed by atoms with Gasteiger partial charge in [-0.05, 0) is 36.8 Å². The largest absolute Gasteiger partial charge is 0.484 e. The average Bonchev–Trinajstić information content (AvgIpc) is 2.53. The molecular weight excluding hydrogens is 292 g/mol. The molecule has 0 saturated heterocycles. The molecule has 0 aliphatic rings. The Morgan fingerprint density at radius 2 is 1.91 bits per heavy atom. The number of anilines is 1. The highest BCUT2D eigenvalue weighted by atomic mass is 16.5. The van der Waals surface area contributed by atoms with Crippen LogP contribution in [0.25, 0.3) is 10.9 Å². The van der Waals surface area contributed by atoms with Crippen molar-refractivity contribution in [3.63, 3.8) is 0 Å². The molecule has 0 aliphatic carbocycles. The Balaban J connectivity index is 1.71. The van der Waals surface area contributed by atoms with Gasteiger partial charge in [-0.1, -0.05) is 24.3 Å². The van der Waals surface area contributed by atoms with Crippen LogP contribution in [0.3, 0.4) is 0 Å². The molecule has 116 valence electrons. The van der Waals surface area contributed by atoms with Gasteiger partial charge in [-0.3, -0.25) is 9.59 Å². The maximum atomic E-state index is 11.9. The van der Waals surface area contributed by atoms with Crippen LogP contribution < -0.4 is 15.6 Å². The van der Waals surface area contributed by atoms with Crippen molar-refractivity contribution in [1.29, 1.82) is 0 Å². The predicted octanol–water partition coefficient (Wildman–Crippen LogP) is 2.85. The lowest BCUT2D eigenvalue weighted by molar-refractivity contribution is -0.118. The van der Waals surface area contributed by atoms with Gasteiger partial charge in [0.1, 0.15) is 5.75 Å². The summed E-state index contributed by atoms with van der Waals surface area (Å²) in [6.45, 7) is 1.80. The fraction of sp³-hybridized carbons (Fsp3) is 0.111.